The molecule has 9 heteroatoms. The summed E-state index contributed by atoms with van der Waals surface area (Å²) in [6.45, 7) is 7.93. The van der Waals surface area contributed by atoms with Crippen molar-refractivity contribution in [2.75, 3.05) is 42.9 Å². The van der Waals surface area contributed by atoms with Crippen molar-refractivity contribution in [2.45, 2.75) is 77.7 Å². The summed E-state index contributed by atoms with van der Waals surface area (Å²) < 4.78 is 16.3. The molecule has 0 heterocycles. The molecule has 0 radical (unpaired) electrons. The Labute approximate surface area is 239 Å². The second kappa shape index (κ2) is 14.3. The Bertz CT molecular complexity index is 1090. The number of rotatable bonds is 7. The van der Waals surface area contributed by atoms with Crippen molar-refractivity contribution in [2.24, 2.45) is 0 Å². The first-order valence-electron chi connectivity index (χ1n) is 13.5. The van der Waals surface area contributed by atoms with Crippen molar-refractivity contribution in [1.82, 2.24) is 0 Å². The van der Waals surface area contributed by atoms with Crippen LogP contribution in [0.25, 0.3) is 0 Å². The Kier molecular flexibility index (Phi) is 11.8. The number of nitrogens with zero attached hydrogens (tertiary/aromatic N) is 2. The molecule has 8 nitrogen and oxygen atoms in total. The van der Waals surface area contributed by atoms with Gasteiger partial charge in [0, 0.05) is 43.1 Å². The Morgan fingerprint density at radius 1 is 0.974 bits per heavy atom. The van der Waals surface area contributed by atoms with Gasteiger partial charge in [-0.15, -0.1) is 12.4 Å². The second-order valence-electron chi connectivity index (χ2n) is 10.9. The minimum atomic E-state index is -0.821. The summed E-state index contributed by atoms with van der Waals surface area (Å²) in [6, 6.07) is 11.3. The Morgan fingerprint density at radius 2 is 1.56 bits per heavy atom. The SMILES string of the molecule is CCOC(=O)Oc1c(NC(=O)N(c2ccc(N(C)C)cc2)C2CCCCCC2)cc(OC)cc1C(C)(C)C.Cl. The molecule has 0 aliphatic heterocycles. The van der Waals surface area contributed by atoms with Gasteiger partial charge in [0.25, 0.3) is 0 Å². The third kappa shape index (κ3) is 8.43. The predicted octanol–water partition coefficient (Wildman–Crippen LogP) is 7.78. The van der Waals surface area contributed by atoms with Crippen molar-refractivity contribution < 1.29 is 23.8 Å². The van der Waals surface area contributed by atoms with Crippen LogP contribution in [0.15, 0.2) is 36.4 Å². The van der Waals surface area contributed by atoms with Gasteiger partial charge in [0.05, 0.1) is 19.4 Å². The van der Waals surface area contributed by atoms with E-state index in [4.69, 9.17) is 14.2 Å². The Balaban J connectivity index is 0.00000533. The van der Waals surface area contributed by atoms with Gasteiger partial charge >= 0.3 is 12.2 Å². The number of benzene rings is 2. The molecule has 39 heavy (non-hydrogen) atoms. The molecule has 1 aliphatic carbocycles. The van der Waals surface area contributed by atoms with Gasteiger partial charge in [-0.25, -0.2) is 9.59 Å². The molecule has 1 aliphatic rings. The summed E-state index contributed by atoms with van der Waals surface area (Å²) in [5.74, 6) is 0.812. The molecule has 2 amide bonds. The van der Waals surface area contributed by atoms with Crippen molar-refractivity contribution in [3.63, 3.8) is 0 Å². The molecule has 216 valence electrons. The van der Waals surface area contributed by atoms with Crippen LogP contribution in [0.3, 0.4) is 0 Å². The second-order valence-corrected chi connectivity index (χ2v) is 10.9. The van der Waals surface area contributed by atoms with Crippen molar-refractivity contribution in [3.05, 3.63) is 42.0 Å². The number of halogens is 1. The van der Waals surface area contributed by atoms with Gasteiger partial charge < -0.3 is 24.4 Å². The first-order valence-corrected chi connectivity index (χ1v) is 13.5. The van der Waals surface area contributed by atoms with Gasteiger partial charge in [-0.05, 0) is 55.5 Å². The number of hydrogen-bond donors (Lipinski definition) is 1. The van der Waals surface area contributed by atoms with E-state index in [-0.39, 0.29) is 36.8 Å². The van der Waals surface area contributed by atoms with Gasteiger partial charge in [-0.1, -0.05) is 46.5 Å². The summed E-state index contributed by atoms with van der Waals surface area (Å²) in [5, 5.41) is 3.06. The van der Waals surface area contributed by atoms with E-state index in [1.807, 2.05) is 75.0 Å². The number of ether oxygens (including phenoxy) is 3. The van der Waals surface area contributed by atoms with E-state index < -0.39 is 11.6 Å². The van der Waals surface area contributed by atoms with E-state index in [2.05, 4.69) is 5.32 Å². The molecule has 0 unspecified atom stereocenters. The zero-order chi connectivity index (χ0) is 27.9. The molecule has 1 N–H and O–H groups in total. The maximum atomic E-state index is 14.1. The lowest BCUT2D eigenvalue weighted by molar-refractivity contribution is 0.104. The number of amides is 2. The number of anilines is 3. The number of methoxy groups -OCH3 is 1. The fourth-order valence-corrected chi connectivity index (χ4v) is 4.81. The largest absolute Gasteiger partial charge is 0.513 e. The van der Waals surface area contributed by atoms with Crippen LogP contribution in [-0.4, -0.2) is 46.0 Å². The predicted molar refractivity (Wildman–Crippen MR) is 160 cm³/mol. The van der Waals surface area contributed by atoms with Crippen LogP contribution in [0, 0.1) is 0 Å². The lowest BCUT2D eigenvalue weighted by Crippen LogP contribution is -2.43. The first-order chi connectivity index (χ1) is 18.0. The molecule has 1 saturated carbocycles. The van der Waals surface area contributed by atoms with Gasteiger partial charge in [-0.3, -0.25) is 4.90 Å². The molecular weight excluding hydrogens is 518 g/mol. The highest BCUT2D eigenvalue weighted by Gasteiger charge is 2.30. The molecule has 0 bridgehead atoms. The van der Waals surface area contributed by atoms with Gasteiger partial charge in [0.1, 0.15) is 5.75 Å². The average molecular weight is 562 g/mol. The van der Waals surface area contributed by atoms with E-state index in [1.54, 1.807) is 20.1 Å². The van der Waals surface area contributed by atoms with Crippen molar-refractivity contribution in [3.8, 4) is 11.5 Å². The fourth-order valence-electron chi connectivity index (χ4n) is 4.81. The third-order valence-corrected chi connectivity index (χ3v) is 6.85. The summed E-state index contributed by atoms with van der Waals surface area (Å²) in [5.41, 5.74) is 2.56. The van der Waals surface area contributed by atoms with Crippen LogP contribution in [0.4, 0.5) is 26.7 Å². The summed E-state index contributed by atoms with van der Waals surface area (Å²) in [6.07, 6.45) is 5.55. The molecule has 0 spiro atoms. The normalized spacial score (nSPS) is 13.9. The fraction of sp³-hybridized carbons (Fsp3) is 0.533. The van der Waals surface area contributed by atoms with Gasteiger partial charge in [-0.2, -0.15) is 0 Å². The number of carbonyl (C=O) groups is 2. The highest BCUT2D eigenvalue weighted by atomic mass is 35.5. The summed E-state index contributed by atoms with van der Waals surface area (Å²) in [4.78, 5) is 30.4. The van der Waals surface area contributed by atoms with Gasteiger partial charge in [0.15, 0.2) is 5.75 Å². The average Bonchev–Trinajstić information content (AvgIpc) is 3.14. The minimum absolute atomic E-state index is 0. The highest BCUT2D eigenvalue weighted by Crippen LogP contribution is 2.41. The topological polar surface area (TPSA) is 80.3 Å². The highest BCUT2D eigenvalue weighted by molar-refractivity contribution is 6.03. The number of hydrogen-bond acceptors (Lipinski definition) is 6. The molecule has 0 aromatic heterocycles. The van der Waals surface area contributed by atoms with Crippen molar-refractivity contribution >= 4 is 41.7 Å². The molecular formula is C30H44ClN3O5. The zero-order valence-electron chi connectivity index (χ0n) is 24.3. The van der Waals surface area contributed by atoms with E-state index in [1.165, 1.54) is 12.8 Å². The van der Waals surface area contributed by atoms with Gasteiger partial charge in [0.2, 0.25) is 0 Å². The maximum Gasteiger partial charge on any atom is 0.513 e. The van der Waals surface area contributed by atoms with Crippen molar-refractivity contribution in [1.29, 1.82) is 0 Å². The number of nitrogens with one attached hydrogen (secondary N) is 1. The molecule has 2 aromatic rings. The Hall–Kier alpha value is -3.13. The molecule has 1 fully saturated rings. The lowest BCUT2D eigenvalue weighted by Gasteiger charge is -2.32. The van der Waals surface area contributed by atoms with Crippen LogP contribution in [0.5, 0.6) is 11.5 Å². The molecule has 0 saturated heterocycles. The van der Waals surface area contributed by atoms with Crippen LogP contribution in [0.1, 0.15) is 71.8 Å². The monoisotopic (exact) mass is 561 g/mol. The molecule has 0 atom stereocenters. The lowest BCUT2D eigenvalue weighted by atomic mass is 9.85. The zero-order valence-corrected chi connectivity index (χ0v) is 25.2. The number of urea groups is 1. The van der Waals surface area contributed by atoms with E-state index in [0.717, 1.165) is 42.6 Å². The third-order valence-electron chi connectivity index (χ3n) is 6.85. The van der Waals surface area contributed by atoms with E-state index in [0.29, 0.717) is 11.4 Å². The van der Waals surface area contributed by atoms with E-state index >= 15 is 0 Å². The summed E-state index contributed by atoms with van der Waals surface area (Å²) in [7, 11) is 5.56. The molecule has 2 aromatic carbocycles. The standard InChI is InChI=1S/C30H43N3O5.ClH/c1-8-37-29(35)38-27-25(30(2,3)4)19-24(36-7)20-26(27)31-28(34)33(22-13-11-9-10-12-14-22)23-17-15-21(16-18-23)32(5)6;/h15-20,22H,8-14H2,1-7H3,(H,31,34);1H. The van der Waals surface area contributed by atoms with Crippen LogP contribution >= 0.6 is 12.4 Å². The molecule has 3 rings (SSSR count). The Morgan fingerprint density at radius 3 is 2.08 bits per heavy atom. The maximum absolute atomic E-state index is 14.1. The first kappa shape index (κ1) is 32.1. The summed E-state index contributed by atoms with van der Waals surface area (Å²) >= 11 is 0. The van der Waals surface area contributed by atoms with Crippen LogP contribution in [0.2, 0.25) is 0 Å². The minimum Gasteiger partial charge on any atom is -0.497 e. The van der Waals surface area contributed by atoms with E-state index in [9.17, 15) is 9.59 Å². The quantitative estimate of drug-likeness (QED) is 0.211. The smallest absolute Gasteiger partial charge is 0.497 e. The van der Waals surface area contributed by atoms with Crippen LogP contribution in [-0.2, 0) is 10.2 Å². The van der Waals surface area contributed by atoms with Crippen LogP contribution < -0.4 is 24.6 Å². The number of carbonyl (C=O) groups excluding carboxylic acids is 2.